The summed E-state index contributed by atoms with van der Waals surface area (Å²) in [5, 5.41) is 3.08. The minimum absolute atomic E-state index is 0.103. The van der Waals surface area contributed by atoms with Gasteiger partial charge in [0.1, 0.15) is 0 Å². The molecule has 25 heavy (non-hydrogen) atoms. The van der Waals surface area contributed by atoms with Crippen molar-refractivity contribution < 1.29 is 9.59 Å². The van der Waals surface area contributed by atoms with Gasteiger partial charge in [-0.15, -0.1) is 0 Å². The highest BCUT2D eigenvalue weighted by Gasteiger charge is 2.11. The van der Waals surface area contributed by atoms with Crippen molar-refractivity contribution in [3.05, 3.63) is 69.2 Å². The summed E-state index contributed by atoms with van der Waals surface area (Å²) < 4.78 is 2.07. The van der Waals surface area contributed by atoms with Crippen molar-refractivity contribution in [3.8, 4) is 0 Å². The van der Waals surface area contributed by atoms with Crippen LogP contribution in [0.15, 0.2) is 58.1 Å². The van der Waals surface area contributed by atoms with Gasteiger partial charge in [0.25, 0.3) is 5.56 Å². The summed E-state index contributed by atoms with van der Waals surface area (Å²) >= 11 is 3.33. The van der Waals surface area contributed by atoms with Crippen molar-refractivity contribution in [2.75, 3.05) is 5.32 Å². The molecule has 0 aliphatic carbocycles. The number of hydrogen-bond donors (Lipinski definition) is 1. The van der Waals surface area contributed by atoms with Crippen LogP contribution in [0.3, 0.4) is 0 Å². The maximum atomic E-state index is 12.5. The van der Waals surface area contributed by atoms with E-state index < -0.39 is 0 Å². The van der Waals surface area contributed by atoms with Crippen LogP contribution in [0.2, 0.25) is 0 Å². The molecular formula is C18H14BrN3O3. The number of carbonyl (C=O) groups is 2. The van der Waals surface area contributed by atoms with Crippen molar-refractivity contribution in [3.63, 3.8) is 0 Å². The monoisotopic (exact) mass is 399 g/mol. The number of rotatable bonds is 4. The molecule has 0 aliphatic heterocycles. The fraction of sp³-hybridized carbons (Fsp3) is 0.111. The molecule has 1 N–H and O–H groups in total. The maximum Gasteiger partial charge on any atom is 0.261 e. The third-order valence-corrected chi connectivity index (χ3v) is 4.12. The van der Waals surface area contributed by atoms with Crippen LogP contribution < -0.4 is 10.9 Å². The number of carbonyl (C=O) groups excluding carboxylic acids is 2. The zero-order chi connectivity index (χ0) is 18.0. The molecule has 3 rings (SSSR count). The molecule has 0 fully saturated rings. The molecular weight excluding hydrogens is 386 g/mol. The molecule has 126 valence electrons. The van der Waals surface area contributed by atoms with E-state index in [1.165, 1.54) is 17.8 Å². The Morgan fingerprint density at radius 2 is 1.88 bits per heavy atom. The molecule has 0 saturated heterocycles. The summed E-state index contributed by atoms with van der Waals surface area (Å²) in [4.78, 5) is 40.2. The second-order valence-electron chi connectivity index (χ2n) is 5.52. The molecule has 2 aromatic carbocycles. The predicted octanol–water partition coefficient (Wildman–Crippen LogP) is 3.00. The second-order valence-corrected chi connectivity index (χ2v) is 6.44. The number of halogens is 1. The Balaban J connectivity index is 1.85. The second kappa shape index (κ2) is 6.98. The average Bonchev–Trinajstić information content (AvgIpc) is 2.58. The first kappa shape index (κ1) is 17.0. The predicted molar refractivity (Wildman–Crippen MR) is 98.8 cm³/mol. The fourth-order valence-electron chi connectivity index (χ4n) is 2.43. The lowest BCUT2D eigenvalue weighted by atomic mass is 10.1. The van der Waals surface area contributed by atoms with Gasteiger partial charge in [0, 0.05) is 22.6 Å². The minimum atomic E-state index is -0.269. The first-order valence-electron chi connectivity index (χ1n) is 7.49. The van der Waals surface area contributed by atoms with E-state index in [0.29, 0.717) is 22.2 Å². The number of fused-ring (bicyclic) bond motifs is 1. The van der Waals surface area contributed by atoms with Crippen LogP contribution in [0.1, 0.15) is 17.3 Å². The summed E-state index contributed by atoms with van der Waals surface area (Å²) in [5.74, 6) is -0.397. The molecule has 1 amide bonds. The lowest BCUT2D eigenvalue weighted by Gasteiger charge is -2.07. The molecule has 0 saturated carbocycles. The number of hydrogen-bond acceptors (Lipinski definition) is 4. The molecule has 6 nitrogen and oxygen atoms in total. The highest BCUT2D eigenvalue weighted by molar-refractivity contribution is 9.10. The van der Waals surface area contributed by atoms with Gasteiger partial charge in [0.2, 0.25) is 5.91 Å². The van der Waals surface area contributed by atoms with Gasteiger partial charge in [-0.05, 0) is 42.5 Å². The zero-order valence-corrected chi connectivity index (χ0v) is 14.9. The maximum absolute atomic E-state index is 12.5. The normalized spacial score (nSPS) is 10.6. The third-order valence-electron chi connectivity index (χ3n) is 3.63. The van der Waals surface area contributed by atoms with E-state index in [4.69, 9.17) is 0 Å². The third kappa shape index (κ3) is 3.83. The van der Waals surface area contributed by atoms with Gasteiger partial charge in [-0.3, -0.25) is 19.0 Å². The Morgan fingerprint density at radius 1 is 1.16 bits per heavy atom. The summed E-state index contributed by atoms with van der Waals surface area (Å²) in [5.41, 5.74) is 1.37. The quantitative estimate of drug-likeness (QED) is 0.683. The summed E-state index contributed by atoms with van der Waals surface area (Å²) in [6, 6.07) is 11.8. The van der Waals surface area contributed by atoms with E-state index in [2.05, 4.69) is 26.2 Å². The van der Waals surface area contributed by atoms with Crippen LogP contribution in [0.25, 0.3) is 10.9 Å². The Labute approximate surface area is 151 Å². The van der Waals surface area contributed by atoms with Crippen molar-refractivity contribution in [1.82, 2.24) is 9.55 Å². The van der Waals surface area contributed by atoms with Gasteiger partial charge in [-0.25, -0.2) is 4.98 Å². The molecule has 1 heterocycles. The number of aromatic nitrogens is 2. The van der Waals surface area contributed by atoms with Crippen LogP contribution in [-0.2, 0) is 11.3 Å². The molecule has 0 atom stereocenters. The van der Waals surface area contributed by atoms with Crippen molar-refractivity contribution in [2.45, 2.75) is 13.5 Å². The SMILES string of the molecule is CC(=O)Nc1ccc(C(=O)Cn2cnc3ccc(Br)cc3c2=O)cc1. The Bertz CT molecular complexity index is 1030. The number of anilines is 1. The first-order chi connectivity index (χ1) is 11.9. The van der Waals surface area contributed by atoms with E-state index in [9.17, 15) is 14.4 Å². The molecule has 0 bridgehead atoms. The van der Waals surface area contributed by atoms with Crippen LogP contribution >= 0.6 is 15.9 Å². The van der Waals surface area contributed by atoms with Gasteiger partial charge in [0.15, 0.2) is 5.78 Å². The van der Waals surface area contributed by atoms with E-state index in [1.807, 2.05) is 0 Å². The number of ketones is 1. The topological polar surface area (TPSA) is 81.1 Å². The average molecular weight is 400 g/mol. The van der Waals surface area contributed by atoms with E-state index in [0.717, 1.165) is 4.47 Å². The van der Waals surface area contributed by atoms with Crippen LogP contribution in [0.4, 0.5) is 5.69 Å². The largest absolute Gasteiger partial charge is 0.326 e. The molecule has 0 aliphatic rings. The first-order valence-corrected chi connectivity index (χ1v) is 8.29. The summed E-state index contributed by atoms with van der Waals surface area (Å²) in [6.07, 6.45) is 1.38. The van der Waals surface area contributed by atoms with E-state index in [1.54, 1.807) is 42.5 Å². The van der Waals surface area contributed by atoms with Gasteiger partial charge >= 0.3 is 0 Å². The number of Topliss-reactive ketones (excluding diaryl/α,β-unsaturated/α-hetero) is 1. The molecule has 3 aromatic rings. The smallest absolute Gasteiger partial charge is 0.261 e. The number of amides is 1. The summed E-state index contributed by atoms with van der Waals surface area (Å²) in [6.45, 7) is 1.31. The van der Waals surface area contributed by atoms with E-state index >= 15 is 0 Å². The molecule has 0 radical (unpaired) electrons. The lowest BCUT2D eigenvalue weighted by Crippen LogP contribution is -2.24. The van der Waals surface area contributed by atoms with Gasteiger partial charge in [0.05, 0.1) is 23.8 Å². The van der Waals surface area contributed by atoms with Crippen LogP contribution in [0.5, 0.6) is 0 Å². The minimum Gasteiger partial charge on any atom is -0.326 e. The Kier molecular flexibility index (Phi) is 4.76. The highest BCUT2D eigenvalue weighted by atomic mass is 79.9. The fourth-order valence-corrected chi connectivity index (χ4v) is 2.79. The zero-order valence-electron chi connectivity index (χ0n) is 13.3. The highest BCUT2D eigenvalue weighted by Crippen LogP contribution is 2.15. The summed E-state index contributed by atoms with van der Waals surface area (Å²) in [7, 11) is 0. The number of nitrogens with zero attached hydrogens (tertiary/aromatic N) is 2. The number of benzene rings is 2. The molecule has 1 aromatic heterocycles. The lowest BCUT2D eigenvalue weighted by molar-refractivity contribution is -0.114. The Morgan fingerprint density at radius 3 is 2.56 bits per heavy atom. The van der Waals surface area contributed by atoms with Crippen molar-refractivity contribution in [1.29, 1.82) is 0 Å². The molecule has 0 unspecified atom stereocenters. The molecule has 7 heteroatoms. The van der Waals surface area contributed by atoms with Gasteiger partial charge in [-0.2, -0.15) is 0 Å². The van der Waals surface area contributed by atoms with Gasteiger partial charge < -0.3 is 5.32 Å². The van der Waals surface area contributed by atoms with Crippen LogP contribution in [0, 0.1) is 0 Å². The van der Waals surface area contributed by atoms with Crippen molar-refractivity contribution >= 4 is 44.2 Å². The Hall–Kier alpha value is -2.80. The van der Waals surface area contributed by atoms with Gasteiger partial charge in [-0.1, -0.05) is 15.9 Å². The van der Waals surface area contributed by atoms with Crippen LogP contribution in [-0.4, -0.2) is 21.2 Å². The molecule has 0 spiro atoms. The standard InChI is InChI=1S/C18H14BrN3O3/c1-11(23)21-14-5-2-12(3-6-14)17(24)9-22-10-20-16-7-4-13(19)8-15(16)18(22)25/h2-8,10H,9H2,1H3,(H,21,23). The van der Waals surface area contributed by atoms with E-state index in [-0.39, 0.29) is 23.8 Å². The van der Waals surface area contributed by atoms with Crippen molar-refractivity contribution in [2.24, 2.45) is 0 Å². The number of nitrogens with one attached hydrogen (secondary N) is 1.